The smallest absolute Gasteiger partial charge is 0.457 e. The summed E-state index contributed by atoms with van der Waals surface area (Å²) < 4.78 is 34.6. The van der Waals surface area contributed by atoms with Gasteiger partial charge in [-0.15, -0.1) is 0 Å². The molecule has 0 aromatic carbocycles. The van der Waals surface area contributed by atoms with Gasteiger partial charge in [-0.1, -0.05) is 152 Å². The number of esters is 1. The third-order valence-electron chi connectivity index (χ3n) is 8.65. The summed E-state index contributed by atoms with van der Waals surface area (Å²) in [5.74, 6) is -0.333. The van der Waals surface area contributed by atoms with Crippen LogP contribution in [-0.4, -0.2) is 75.6 Å². The summed E-state index contributed by atoms with van der Waals surface area (Å²) in [6.45, 7) is 5.38. The molecule has 0 radical (unpaired) electrons. The average Bonchev–Trinajstić information content (AvgIpc) is 3.09. The fraction of sp³-hybridized carbons (Fsp3) is 0.791. The van der Waals surface area contributed by atoms with Crippen molar-refractivity contribution in [2.45, 2.75) is 168 Å². The van der Waals surface area contributed by atoms with Gasteiger partial charge in [0, 0.05) is 13.0 Å². The van der Waals surface area contributed by atoms with Gasteiger partial charge in [0.15, 0.2) is 0 Å². The summed E-state index contributed by atoms with van der Waals surface area (Å²) in [4.78, 5) is 22.5. The van der Waals surface area contributed by atoms with E-state index in [1.54, 1.807) is 0 Å². The Kier molecular flexibility index (Phi) is 35.4. The van der Waals surface area contributed by atoms with E-state index in [0.29, 0.717) is 24.1 Å². The molecule has 2 atom stereocenters. The lowest BCUT2D eigenvalue weighted by Gasteiger charge is -2.24. The predicted octanol–water partition coefficient (Wildman–Crippen LogP) is 12.0. The SMILES string of the molecule is CC/C=C\C/C=C\C/C=C\C/C=C\CCCCCCCCCCCCCCCOCC(COP(=O)(O)OCC[N+](C)(C)C)OC(=O)CCCCCC. The number of phosphoric ester groups is 1. The highest BCUT2D eigenvalue weighted by molar-refractivity contribution is 7.47. The zero-order valence-electron chi connectivity index (χ0n) is 34.3. The normalized spacial score (nSPS) is 14.3. The largest absolute Gasteiger partial charge is 0.472 e. The zero-order valence-corrected chi connectivity index (χ0v) is 35.2. The Hall–Kier alpha value is -1.54. The molecule has 0 saturated heterocycles. The van der Waals surface area contributed by atoms with Crippen LogP contribution < -0.4 is 0 Å². The van der Waals surface area contributed by atoms with E-state index >= 15 is 0 Å². The third kappa shape index (κ3) is 39.7. The van der Waals surface area contributed by atoms with Crippen molar-refractivity contribution in [2.75, 3.05) is 54.1 Å². The maximum absolute atomic E-state index is 12.4. The first kappa shape index (κ1) is 50.5. The molecule has 0 aromatic rings. The van der Waals surface area contributed by atoms with Crippen molar-refractivity contribution in [3.8, 4) is 0 Å². The molecule has 52 heavy (non-hydrogen) atoms. The minimum absolute atomic E-state index is 0.0876. The molecule has 9 heteroatoms. The van der Waals surface area contributed by atoms with Crippen LogP contribution in [0.25, 0.3) is 0 Å². The Morgan fingerprint density at radius 1 is 0.615 bits per heavy atom. The number of rotatable bonds is 38. The van der Waals surface area contributed by atoms with E-state index in [1.807, 2.05) is 21.1 Å². The molecule has 0 fully saturated rings. The summed E-state index contributed by atoms with van der Waals surface area (Å²) in [5.41, 5.74) is 0. The Morgan fingerprint density at radius 2 is 1.12 bits per heavy atom. The summed E-state index contributed by atoms with van der Waals surface area (Å²) in [7, 11) is 1.66. The van der Waals surface area contributed by atoms with Crippen LogP contribution in [0.5, 0.6) is 0 Å². The van der Waals surface area contributed by atoms with Crippen molar-refractivity contribution in [3.05, 3.63) is 48.6 Å². The molecule has 0 aliphatic carbocycles. The van der Waals surface area contributed by atoms with Gasteiger partial charge in [-0.05, 0) is 51.4 Å². The van der Waals surface area contributed by atoms with Gasteiger partial charge >= 0.3 is 13.8 Å². The van der Waals surface area contributed by atoms with Crippen LogP contribution >= 0.6 is 7.82 Å². The number of nitrogens with zero attached hydrogens (tertiary/aromatic N) is 1. The number of carbonyl (C=O) groups is 1. The van der Waals surface area contributed by atoms with Gasteiger partial charge < -0.3 is 18.9 Å². The first-order valence-electron chi connectivity index (χ1n) is 20.9. The second-order valence-corrected chi connectivity index (χ2v) is 16.4. The summed E-state index contributed by atoms with van der Waals surface area (Å²) in [6.07, 6.45) is 43.5. The molecule has 0 aliphatic rings. The van der Waals surface area contributed by atoms with Crippen molar-refractivity contribution in [1.82, 2.24) is 0 Å². The highest BCUT2D eigenvalue weighted by atomic mass is 31.2. The van der Waals surface area contributed by atoms with Crippen molar-refractivity contribution >= 4 is 13.8 Å². The number of likely N-dealkylation sites (N-methyl/N-ethyl adjacent to an activating group) is 1. The zero-order chi connectivity index (χ0) is 38.4. The number of ether oxygens (including phenoxy) is 2. The fourth-order valence-corrected chi connectivity index (χ4v) is 6.17. The Morgan fingerprint density at radius 3 is 1.65 bits per heavy atom. The predicted molar refractivity (Wildman–Crippen MR) is 219 cm³/mol. The molecule has 2 unspecified atom stereocenters. The molecule has 0 amide bonds. The molecular formula is C43H81NO7P+. The molecule has 0 aromatic heterocycles. The summed E-state index contributed by atoms with van der Waals surface area (Å²) in [5, 5.41) is 0. The second-order valence-electron chi connectivity index (χ2n) is 15.0. The Balaban J connectivity index is 3.87. The van der Waals surface area contributed by atoms with Crippen molar-refractivity contribution in [2.24, 2.45) is 0 Å². The molecule has 8 nitrogen and oxygen atoms in total. The van der Waals surface area contributed by atoms with Gasteiger partial charge in [0.05, 0.1) is 34.4 Å². The molecular weight excluding hydrogens is 673 g/mol. The highest BCUT2D eigenvalue weighted by Gasteiger charge is 2.26. The van der Waals surface area contributed by atoms with E-state index < -0.39 is 13.9 Å². The lowest BCUT2D eigenvalue weighted by molar-refractivity contribution is -0.870. The van der Waals surface area contributed by atoms with Gasteiger partial charge in [0.25, 0.3) is 0 Å². The summed E-state index contributed by atoms with van der Waals surface area (Å²) in [6, 6.07) is 0. The van der Waals surface area contributed by atoms with E-state index in [9.17, 15) is 14.3 Å². The van der Waals surface area contributed by atoms with Crippen molar-refractivity contribution in [3.63, 3.8) is 0 Å². The van der Waals surface area contributed by atoms with E-state index in [2.05, 4.69) is 62.5 Å². The molecule has 1 N–H and O–H groups in total. The second kappa shape index (κ2) is 36.4. The van der Waals surface area contributed by atoms with Crippen LogP contribution in [0.2, 0.25) is 0 Å². The molecule has 0 heterocycles. The van der Waals surface area contributed by atoms with Crippen LogP contribution in [0.1, 0.15) is 162 Å². The first-order valence-corrected chi connectivity index (χ1v) is 22.4. The van der Waals surface area contributed by atoms with E-state index in [-0.39, 0.29) is 25.8 Å². The standard InChI is InChI=1S/C43H80NO7P/c1-6-8-10-12-13-14-15-16-17-18-19-20-21-22-23-24-25-26-27-28-29-30-31-32-33-35-38-48-40-42(51-43(45)36-34-11-9-7-2)41-50-52(46,47)49-39-37-44(3,4)5/h8,10,13-14,16-17,19-20,42H,6-7,9,11-12,15,18,21-41H2,1-5H3/p+1/b10-8-,14-13-,17-16-,20-19-. The first-order chi connectivity index (χ1) is 25.1. The number of carbonyl (C=O) groups excluding carboxylic acids is 1. The van der Waals surface area contributed by atoms with Gasteiger partial charge in [-0.25, -0.2) is 4.57 Å². The van der Waals surface area contributed by atoms with Crippen LogP contribution in [0.4, 0.5) is 0 Å². The quantitative estimate of drug-likeness (QED) is 0.0221. The van der Waals surface area contributed by atoms with Gasteiger partial charge in [0.1, 0.15) is 19.3 Å². The minimum atomic E-state index is -4.25. The minimum Gasteiger partial charge on any atom is -0.457 e. The van der Waals surface area contributed by atoms with Crippen LogP contribution in [0, 0.1) is 0 Å². The van der Waals surface area contributed by atoms with Crippen LogP contribution in [0.15, 0.2) is 48.6 Å². The van der Waals surface area contributed by atoms with Crippen molar-refractivity contribution in [1.29, 1.82) is 0 Å². The molecule has 0 aliphatic heterocycles. The van der Waals surface area contributed by atoms with Crippen molar-refractivity contribution < 1.29 is 37.3 Å². The lowest BCUT2D eigenvalue weighted by atomic mass is 10.0. The number of hydrogen-bond acceptors (Lipinski definition) is 6. The molecule has 0 bridgehead atoms. The van der Waals surface area contributed by atoms with Gasteiger partial charge in [-0.3, -0.25) is 13.8 Å². The number of quaternary nitrogens is 1. The van der Waals surface area contributed by atoms with Gasteiger partial charge in [-0.2, -0.15) is 0 Å². The highest BCUT2D eigenvalue weighted by Crippen LogP contribution is 2.43. The maximum Gasteiger partial charge on any atom is 0.472 e. The van der Waals surface area contributed by atoms with E-state index in [4.69, 9.17) is 18.5 Å². The number of unbranched alkanes of at least 4 members (excludes halogenated alkanes) is 16. The molecule has 0 saturated carbocycles. The average molecular weight is 755 g/mol. The van der Waals surface area contributed by atoms with Crippen LogP contribution in [-0.2, 0) is 27.9 Å². The lowest BCUT2D eigenvalue weighted by Crippen LogP contribution is -2.37. The number of phosphoric acid groups is 1. The Bertz CT molecular complexity index is 973. The van der Waals surface area contributed by atoms with E-state index in [0.717, 1.165) is 64.2 Å². The maximum atomic E-state index is 12.4. The monoisotopic (exact) mass is 755 g/mol. The Labute approximate surface area is 320 Å². The molecule has 0 rings (SSSR count). The number of hydrogen-bond donors (Lipinski definition) is 1. The topological polar surface area (TPSA) is 91.3 Å². The number of allylic oxidation sites excluding steroid dienone is 8. The van der Waals surface area contributed by atoms with Crippen LogP contribution in [0.3, 0.4) is 0 Å². The molecule has 304 valence electrons. The van der Waals surface area contributed by atoms with Gasteiger partial charge in [0.2, 0.25) is 0 Å². The molecule has 0 spiro atoms. The fourth-order valence-electron chi connectivity index (χ4n) is 5.42. The third-order valence-corrected chi connectivity index (χ3v) is 9.64. The summed E-state index contributed by atoms with van der Waals surface area (Å²) >= 11 is 0. The van der Waals surface area contributed by atoms with E-state index in [1.165, 1.54) is 77.0 Å².